The summed E-state index contributed by atoms with van der Waals surface area (Å²) in [6, 6.07) is 10.1. The predicted molar refractivity (Wildman–Crippen MR) is 119 cm³/mol. The van der Waals surface area contributed by atoms with Crippen molar-refractivity contribution in [2.45, 2.75) is 27.1 Å². The third-order valence-corrected chi connectivity index (χ3v) is 5.88. The van der Waals surface area contributed by atoms with Crippen molar-refractivity contribution in [1.29, 1.82) is 0 Å². The van der Waals surface area contributed by atoms with Gasteiger partial charge in [-0.05, 0) is 78.7 Å². The lowest BCUT2D eigenvalue weighted by atomic mass is 10.0. The molecule has 0 N–H and O–H groups in total. The Balaban J connectivity index is 1.91. The number of carbonyl (C=O) groups is 1. The zero-order valence-corrected chi connectivity index (χ0v) is 19.4. The number of rotatable bonds is 3. The number of anilines is 3. The first-order valence-electron chi connectivity index (χ1n) is 9.83. The van der Waals surface area contributed by atoms with Gasteiger partial charge in [0.1, 0.15) is 18.2 Å². The minimum atomic E-state index is -4.91. The Labute approximate surface area is 195 Å². The van der Waals surface area contributed by atoms with Crippen LogP contribution in [0.4, 0.5) is 34.6 Å². The number of aryl methyl sites for hydroxylation is 3. The van der Waals surface area contributed by atoms with Gasteiger partial charge in [-0.25, -0.2) is 4.39 Å². The molecule has 0 radical (unpaired) electrons. The van der Waals surface area contributed by atoms with Gasteiger partial charge < -0.3 is 9.64 Å². The molecule has 0 bridgehead atoms. The zero-order chi connectivity index (χ0) is 24.1. The molecule has 10 heteroatoms. The molecule has 0 atom stereocenters. The molecule has 0 aliphatic carbocycles. The standard InChI is InChI=1S/C23H18BrF4N3O2/c1-12-8-15(25)5-7-18(12)30-11-31(19-6-4-13(2)29-14(19)3)22(32)16-9-17(24)21(10-20(16)30)33-23(26,27)28/h4-10H,11H2,1-3H3. The summed E-state index contributed by atoms with van der Waals surface area (Å²) in [6.07, 6.45) is -4.91. The maximum absolute atomic E-state index is 13.8. The number of hydrogen-bond acceptors (Lipinski definition) is 4. The zero-order valence-electron chi connectivity index (χ0n) is 17.8. The van der Waals surface area contributed by atoms with Gasteiger partial charge in [0.25, 0.3) is 5.91 Å². The Morgan fingerprint density at radius 1 is 0.970 bits per heavy atom. The lowest BCUT2D eigenvalue weighted by Crippen LogP contribution is -2.45. The van der Waals surface area contributed by atoms with Crippen LogP contribution in [0.3, 0.4) is 0 Å². The van der Waals surface area contributed by atoms with Crippen LogP contribution in [0.5, 0.6) is 5.75 Å². The Kier molecular flexibility index (Phi) is 5.81. The van der Waals surface area contributed by atoms with E-state index in [2.05, 4.69) is 25.7 Å². The van der Waals surface area contributed by atoms with E-state index in [1.807, 2.05) is 6.92 Å². The van der Waals surface area contributed by atoms with E-state index in [0.29, 0.717) is 22.6 Å². The molecule has 1 aromatic heterocycles. The van der Waals surface area contributed by atoms with Gasteiger partial charge in [0.15, 0.2) is 0 Å². The summed E-state index contributed by atoms with van der Waals surface area (Å²) in [7, 11) is 0. The lowest BCUT2D eigenvalue weighted by Gasteiger charge is -2.39. The fraction of sp³-hybridized carbons (Fsp3) is 0.217. The first-order chi connectivity index (χ1) is 15.4. The second-order valence-electron chi connectivity index (χ2n) is 7.64. The number of aromatic nitrogens is 1. The maximum Gasteiger partial charge on any atom is 0.573 e. The van der Waals surface area contributed by atoms with E-state index in [1.54, 1.807) is 30.9 Å². The van der Waals surface area contributed by atoms with Crippen LogP contribution in [0.2, 0.25) is 0 Å². The molecule has 3 aromatic rings. The Morgan fingerprint density at radius 3 is 2.30 bits per heavy atom. The number of ether oxygens (including phenoxy) is 1. The van der Waals surface area contributed by atoms with E-state index < -0.39 is 23.8 Å². The van der Waals surface area contributed by atoms with E-state index in [4.69, 9.17) is 0 Å². The van der Waals surface area contributed by atoms with Crippen molar-refractivity contribution in [3.63, 3.8) is 0 Å². The highest BCUT2D eigenvalue weighted by atomic mass is 79.9. The predicted octanol–water partition coefficient (Wildman–Crippen LogP) is 6.56. The minimum absolute atomic E-state index is 0.0169. The quantitative estimate of drug-likeness (QED) is 0.364. The first-order valence-corrected chi connectivity index (χ1v) is 10.6. The largest absolute Gasteiger partial charge is 0.573 e. The summed E-state index contributed by atoms with van der Waals surface area (Å²) >= 11 is 3.08. The normalized spacial score (nSPS) is 13.9. The first kappa shape index (κ1) is 23.0. The highest BCUT2D eigenvalue weighted by Gasteiger charge is 2.36. The van der Waals surface area contributed by atoms with E-state index in [-0.39, 0.29) is 22.4 Å². The molecule has 1 aliphatic heterocycles. The molecule has 4 rings (SSSR count). The number of alkyl halides is 3. The minimum Gasteiger partial charge on any atom is -0.405 e. The van der Waals surface area contributed by atoms with Gasteiger partial charge in [-0.15, -0.1) is 13.2 Å². The second-order valence-corrected chi connectivity index (χ2v) is 8.49. The van der Waals surface area contributed by atoms with Gasteiger partial charge in [0.2, 0.25) is 0 Å². The Bertz CT molecular complexity index is 1260. The average molecular weight is 524 g/mol. The van der Waals surface area contributed by atoms with E-state index in [1.165, 1.54) is 29.2 Å². The fourth-order valence-electron chi connectivity index (χ4n) is 3.85. The molecule has 0 fully saturated rings. The number of benzene rings is 2. The van der Waals surface area contributed by atoms with E-state index in [9.17, 15) is 22.4 Å². The van der Waals surface area contributed by atoms with E-state index in [0.717, 1.165) is 11.8 Å². The van der Waals surface area contributed by atoms with Crippen LogP contribution in [0.15, 0.2) is 46.9 Å². The maximum atomic E-state index is 13.8. The molecular formula is C23H18BrF4N3O2. The van der Waals surface area contributed by atoms with Crippen LogP contribution in [-0.4, -0.2) is 23.9 Å². The molecule has 0 saturated carbocycles. The summed E-state index contributed by atoms with van der Waals surface area (Å²) < 4.78 is 56.7. The molecule has 2 aromatic carbocycles. The van der Waals surface area contributed by atoms with Crippen molar-refractivity contribution in [3.8, 4) is 5.75 Å². The van der Waals surface area contributed by atoms with Gasteiger partial charge in [0.05, 0.1) is 27.1 Å². The molecule has 0 saturated heterocycles. The third kappa shape index (κ3) is 4.52. The molecule has 33 heavy (non-hydrogen) atoms. The van der Waals surface area contributed by atoms with Crippen molar-refractivity contribution in [2.24, 2.45) is 0 Å². The molecule has 0 spiro atoms. The molecule has 1 amide bonds. The summed E-state index contributed by atoms with van der Waals surface area (Å²) in [5.74, 6) is -1.34. The van der Waals surface area contributed by atoms with Crippen LogP contribution in [0, 0.1) is 26.6 Å². The molecular weight excluding hydrogens is 506 g/mol. The molecule has 172 valence electrons. The van der Waals surface area contributed by atoms with Crippen LogP contribution >= 0.6 is 15.9 Å². The number of halogens is 5. The monoisotopic (exact) mass is 523 g/mol. The number of amides is 1. The summed E-state index contributed by atoms with van der Waals surface area (Å²) in [4.78, 5) is 21.0. The third-order valence-electron chi connectivity index (χ3n) is 5.26. The van der Waals surface area contributed by atoms with Gasteiger partial charge in [0, 0.05) is 17.4 Å². The number of carbonyl (C=O) groups excluding carboxylic acids is 1. The smallest absolute Gasteiger partial charge is 0.405 e. The second kappa shape index (κ2) is 8.33. The number of nitrogens with zero attached hydrogens (tertiary/aromatic N) is 3. The van der Waals surface area contributed by atoms with E-state index >= 15 is 0 Å². The van der Waals surface area contributed by atoms with Crippen molar-refractivity contribution in [1.82, 2.24) is 4.98 Å². The Morgan fingerprint density at radius 2 is 1.67 bits per heavy atom. The van der Waals surface area contributed by atoms with Crippen LogP contribution in [0.1, 0.15) is 27.3 Å². The Hall–Kier alpha value is -3.14. The van der Waals surface area contributed by atoms with Crippen molar-refractivity contribution < 1.29 is 27.1 Å². The summed E-state index contributed by atoms with van der Waals surface area (Å²) in [5.41, 5.74) is 3.43. The average Bonchev–Trinajstić information content (AvgIpc) is 2.70. The summed E-state index contributed by atoms with van der Waals surface area (Å²) in [6.45, 7) is 5.27. The topological polar surface area (TPSA) is 45.7 Å². The van der Waals surface area contributed by atoms with Crippen LogP contribution in [0.25, 0.3) is 0 Å². The van der Waals surface area contributed by atoms with Gasteiger partial charge >= 0.3 is 6.36 Å². The van der Waals surface area contributed by atoms with Crippen LogP contribution < -0.4 is 14.5 Å². The molecule has 0 unspecified atom stereocenters. The fourth-order valence-corrected chi connectivity index (χ4v) is 4.27. The number of fused-ring (bicyclic) bond motifs is 1. The van der Waals surface area contributed by atoms with Gasteiger partial charge in [-0.2, -0.15) is 0 Å². The van der Waals surface area contributed by atoms with Crippen molar-refractivity contribution >= 4 is 38.9 Å². The van der Waals surface area contributed by atoms with Crippen LogP contribution in [-0.2, 0) is 0 Å². The molecule has 2 heterocycles. The van der Waals surface area contributed by atoms with Crippen molar-refractivity contribution in [2.75, 3.05) is 16.5 Å². The summed E-state index contributed by atoms with van der Waals surface area (Å²) in [5, 5.41) is 0. The SMILES string of the molecule is Cc1ccc(N2CN(c3ccc(F)cc3C)c3cc(OC(F)(F)F)c(Br)cc3C2=O)c(C)n1. The molecule has 5 nitrogen and oxygen atoms in total. The van der Waals surface area contributed by atoms with Gasteiger partial charge in [-0.3, -0.25) is 14.7 Å². The number of hydrogen-bond donors (Lipinski definition) is 0. The van der Waals surface area contributed by atoms with Crippen molar-refractivity contribution in [3.05, 3.63) is 75.3 Å². The highest BCUT2D eigenvalue weighted by molar-refractivity contribution is 9.10. The lowest BCUT2D eigenvalue weighted by molar-refractivity contribution is -0.274. The van der Waals surface area contributed by atoms with Gasteiger partial charge in [-0.1, -0.05) is 0 Å². The highest BCUT2D eigenvalue weighted by Crippen LogP contribution is 2.43. The molecule has 1 aliphatic rings. The number of pyridine rings is 1.